The summed E-state index contributed by atoms with van der Waals surface area (Å²) in [5.41, 5.74) is 2.03. The molecule has 1 unspecified atom stereocenters. The van der Waals surface area contributed by atoms with Crippen molar-refractivity contribution in [1.29, 1.82) is 0 Å². The molecule has 0 aliphatic heterocycles. The van der Waals surface area contributed by atoms with Crippen LogP contribution >= 0.6 is 35.7 Å². The molecular formula is C19H28IN3O2S. The van der Waals surface area contributed by atoms with E-state index in [1.54, 1.807) is 18.0 Å². The second-order valence-corrected chi connectivity index (χ2v) is 6.78. The average Bonchev–Trinajstić information content (AvgIpc) is 3.12. The summed E-state index contributed by atoms with van der Waals surface area (Å²) in [7, 11) is 0. The number of rotatable bonds is 9. The fourth-order valence-corrected chi connectivity index (χ4v) is 2.67. The third-order valence-electron chi connectivity index (χ3n) is 3.69. The second kappa shape index (κ2) is 13.1. The van der Waals surface area contributed by atoms with E-state index in [0.29, 0.717) is 12.5 Å². The van der Waals surface area contributed by atoms with Gasteiger partial charge in [0.15, 0.2) is 5.96 Å². The Morgan fingerprint density at radius 1 is 1.23 bits per heavy atom. The highest BCUT2D eigenvalue weighted by Crippen LogP contribution is 2.14. The van der Waals surface area contributed by atoms with Crippen LogP contribution in [-0.4, -0.2) is 42.7 Å². The molecule has 0 aliphatic rings. The molecule has 0 aliphatic carbocycles. The molecule has 0 saturated carbocycles. The number of aliphatic hydroxyl groups excluding tert-OH is 1. The minimum absolute atomic E-state index is 0. The van der Waals surface area contributed by atoms with Crippen LogP contribution in [0.25, 0.3) is 0 Å². The molecule has 1 atom stereocenters. The van der Waals surface area contributed by atoms with E-state index in [-0.39, 0.29) is 24.0 Å². The van der Waals surface area contributed by atoms with E-state index in [9.17, 15) is 5.11 Å². The fraction of sp³-hybridized carbons (Fsp3) is 0.421. The number of hydrogen-bond donors (Lipinski definition) is 3. The number of aliphatic imine (C=N–C) groups is 1. The maximum absolute atomic E-state index is 10.4. The Hall–Kier alpha value is -1.19. The van der Waals surface area contributed by atoms with Crippen molar-refractivity contribution in [2.24, 2.45) is 4.99 Å². The van der Waals surface area contributed by atoms with Crippen LogP contribution in [0, 0.1) is 6.92 Å². The van der Waals surface area contributed by atoms with Gasteiger partial charge in [-0.3, -0.25) is 4.99 Å². The largest absolute Gasteiger partial charge is 0.469 e. The molecule has 0 bridgehead atoms. The fourth-order valence-electron chi connectivity index (χ4n) is 2.37. The third kappa shape index (κ3) is 8.46. The first-order valence-electron chi connectivity index (χ1n) is 8.47. The van der Waals surface area contributed by atoms with Gasteiger partial charge in [0.25, 0.3) is 0 Å². The Bertz CT molecular complexity index is 650. The zero-order valence-electron chi connectivity index (χ0n) is 15.3. The maximum Gasteiger partial charge on any atom is 0.191 e. The van der Waals surface area contributed by atoms with E-state index < -0.39 is 6.10 Å². The third-order valence-corrected chi connectivity index (χ3v) is 4.30. The van der Waals surface area contributed by atoms with E-state index in [2.05, 4.69) is 21.9 Å². The Morgan fingerprint density at radius 3 is 2.73 bits per heavy atom. The molecular weight excluding hydrogens is 461 g/mol. The summed E-state index contributed by atoms with van der Waals surface area (Å²) in [4.78, 5) is 4.52. The summed E-state index contributed by atoms with van der Waals surface area (Å²) in [5.74, 6) is 2.65. The van der Waals surface area contributed by atoms with Crippen LogP contribution in [0.5, 0.6) is 0 Å². The van der Waals surface area contributed by atoms with E-state index in [1.165, 1.54) is 0 Å². The predicted molar refractivity (Wildman–Crippen MR) is 121 cm³/mol. The zero-order chi connectivity index (χ0) is 17.9. The van der Waals surface area contributed by atoms with Crippen molar-refractivity contribution in [2.75, 3.05) is 31.6 Å². The standard InChI is InChI=1S/C19H27N3O2S.HI/c1-15-5-3-6-16(13-15)18(23)14-22-19(21-10-12-25-2)20-9-8-17-7-4-11-24-17;/h3-7,11,13,18,23H,8-10,12,14H2,1-2H3,(H2,20,21,22);1H. The molecule has 0 spiro atoms. The molecule has 26 heavy (non-hydrogen) atoms. The van der Waals surface area contributed by atoms with Crippen molar-refractivity contribution in [3.63, 3.8) is 0 Å². The molecule has 0 fully saturated rings. The van der Waals surface area contributed by atoms with Gasteiger partial charge in [-0.05, 0) is 30.9 Å². The SMILES string of the molecule is CSCCNC(=NCC(O)c1cccc(C)c1)NCCc1ccco1.I. The van der Waals surface area contributed by atoms with Gasteiger partial charge in [-0.1, -0.05) is 29.8 Å². The van der Waals surface area contributed by atoms with E-state index in [0.717, 1.165) is 42.2 Å². The molecule has 1 aromatic carbocycles. The van der Waals surface area contributed by atoms with Gasteiger partial charge in [-0.15, -0.1) is 24.0 Å². The molecule has 7 heteroatoms. The zero-order valence-corrected chi connectivity index (χ0v) is 18.4. The van der Waals surface area contributed by atoms with Gasteiger partial charge in [0.05, 0.1) is 18.9 Å². The molecule has 2 rings (SSSR count). The average molecular weight is 489 g/mol. The van der Waals surface area contributed by atoms with Gasteiger partial charge in [0.2, 0.25) is 0 Å². The Balaban J connectivity index is 0.00000338. The summed E-state index contributed by atoms with van der Waals surface area (Å²) < 4.78 is 5.34. The smallest absolute Gasteiger partial charge is 0.191 e. The number of nitrogens with one attached hydrogen (secondary N) is 2. The van der Waals surface area contributed by atoms with E-state index in [4.69, 9.17) is 4.42 Å². The molecule has 0 amide bonds. The number of furan rings is 1. The van der Waals surface area contributed by atoms with Gasteiger partial charge < -0.3 is 20.2 Å². The van der Waals surface area contributed by atoms with Crippen LogP contribution in [0.2, 0.25) is 0 Å². The first-order valence-corrected chi connectivity index (χ1v) is 9.86. The lowest BCUT2D eigenvalue weighted by Crippen LogP contribution is -2.39. The molecule has 0 radical (unpaired) electrons. The number of nitrogens with zero attached hydrogens (tertiary/aromatic N) is 1. The lowest BCUT2D eigenvalue weighted by Gasteiger charge is -2.14. The number of halogens is 1. The lowest BCUT2D eigenvalue weighted by molar-refractivity contribution is 0.187. The monoisotopic (exact) mass is 489 g/mol. The van der Waals surface area contributed by atoms with Crippen molar-refractivity contribution in [1.82, 2.24) is 10.6 Å². The van der Waals surface area contributed by atoms with Crippen LogP contribution in [0.1, 0.15) is 23.0 Å². The Kier molecular flexibility index (Phi) is 11.5. The van der Waals surface area contributed by atoms with Crippen LogP contribution in [0.15, 0.2) is 52.1 Å². The van der Waals surface area contributed by atoms with Crippen molar-refractivity contribution in [2.45, 2.75) is 19.4 Å². The quantitative estimate of drug-likeness (QED) is 0.218. The molecule has 1 aromatic heterocycles. The van der Waals surface area contributed by atoms with Crippen molar-refractivity contribution >= 4 is 41.7 Å². The lowest BCUT2D eigenvalue weighted by atomic mass is 10.1. The van der Waals surface area contributed by atoms with Gasteiger partial charge in [-0.2, -0.15) is 11.8 Å². The molecule has 0 saturated heterocycles. The van der Waals surface area contributed by atoms with Crippen LogP contribution in [-0.2, 0) is 6.42 Å². The number of hydrogen-bond acceptors (Lipinski definition) is 4. The highest BCUT2D eigenvalue weighted by atomic mass is 127. The van der Waals surface area contributed by atoms with Crippen molar-refractivity contribution < 1.29 is 9.52 Å². The first-order chi connectivity index (χ1) is 12.2. The van der Waals surface area contributed by atoms with Gasteiger partial charge >= 0.3 is 0 Å². The summed E-state index contributed by atoms with van der Waals surface area (Å²) >= 11 is 1.78. The Morgan fingerprint density at radius 2 is 2.04 bits per heavy atom. The highest BCUT2D eigenvalue weighted by molar-refractivity contribution is 14.0. The number of benzene rings is 1. The number of aryl methyl sites for hydroxylation is 1. The van der Waals surface area contributed by atoms with Crippen LogP contribution in [0.3, 0.4) is 0 Å². The molecule has 5 nitrogen and oxygen atoms in total. The van der Waals surface area contributed by atoms with Crippen molar-refractivity contribution in [3.8, 4) is 0 Å². The molecule has 144 valence electrons. The maximum atomic E-state index is 10.4. The van der Waals surface area contributed by atoms with Gasteiger partial charge in [0.1, 0.15) is 5.76 Å². The molecule has 3 N–H and O–H groups in total. The van der Waals surface area contributed by atoms with Crippen LogP contribution < -0.4 is 10.6 Å². The minimum Gasteiger partial charge on any atom is -0.469 e. The first kappa shape index (κ1) is 22.9. The number of guanidine groups is 1. The summed E-state index contributed by atoms with van der Waals surface area (Å²) in [6.45, 7) is 3.89. The summed E-state index contributed by atoms with van der Waals surface area (Å²) in [5, 5.41) is 16.9. The topological polar surface area (TPSA) is 69.8 Å². The molecule has 1 heterocycles. The second-order valence-electron chi connectivity index (χ2n) is 5.79. The molecule has 2 aromatic rings. The number of aliphatic hydroxyl groups is 1. The normalized spacial score (nSPS) is 12.3. The van der Waals surface area contributed by atoms with Gasteiger partial charge in [-0.25, -0.2) is 0 Å². The Labute approximate surface area is 177 Å². The van der Waals surface area contributed by atoms with E-state index in [1.807, 2.05) is 43.3 Å². The number of thioether (sulfide) groups is 1. The summed E-state index contributed by atoms with van der Waals surface area (Å²) in [6, 6.07) is 11.7. The van der Waals surface area contributed by atoms with Crippen molar-refractivity contribution in [3.05, 3.63) is 59.5 Å². The predicted octanol–water partition coefficient (Wildman–Crippen LogP) is 3.38. The summed E-state index contributed by atoms with van der Waals surface area (Å²) in [6.07, 6.45) is 3.93. The minimum atomic E-state index is -0.607. The highest BCUT2D eigenvalue weighted by Gasteiger charge is 2.08. The van der Waals surface area contributed by atoms with Gasteiger partial charge in [0, 0.05) is 25.3 Å². The van der Waals surface area contributed by atoms with Crippen LogP contribution in [0.4, 0.5) is 0 Å². The van der Waals surface area contributed by atoms with E-state index >= 15 is 0 Å².